The van der Waals surface area contributed by atoms with Gasteiger partial charge in [-0.05, 0) is 24.3 Å². The van der Waals surface area contributed by atoms with E-state index in [0.717, 1.165) is 0 Å². The van der Waals surface area contributed by atoms with Gasteiger partial charge < -0.3 is 5.32 Å². The van der Waals surface area contributed by atoms with Crippen molar-refractivity contribution in [3.8, 4) is 0 Å². The van der Waals surface area contributed by atoms with E-state index in [9.17, 15) is 13.2 Å². The summed E-state index contributed by atoms with van der Waals surface area (Å²) in [5.41, 5.74) is 0.388. The van der Waals surface area contributed by atoms with Crippen molar-refractivity contribution in [3.05, 3.63) is 71.8 Å². The van der Waals surface area contributed by atoms with Crippen LogP contribution in [0.4, 0.5) is 5.69 Å². The molecule has 0 aliphatic heterocycles. The van der Waals surface area contributed by atoms with E-state index in [4.69, 9.17) is 11.6 Å². The van der Waals surface area contributed by atoms with Crippen LogP contribution < -0.4 is 10.0 Å². The lowest BCUT2D eigenvalue weighted by Crippen LogP contribution is -2.25. The van der Waals surface area contributed by atoms with E-state index in [1.54, 1.807) is 24.3 Å². The summed E-state index contributed by atoms with van der Waals surface area (Å²) in [6.07, 6.45) is 1.54. The van der Waals surface area contributed by atoms with Crippen molar-refractivity contribution in [2.45, 2.75) is 4.90 Å². The molecule has 120 valence electrons. The van der Waals surface area contributed by atoms with Gasteiger partial charge in [-0.2, -0.15) is 0 Å². The molecule has 23 heavy (non-hydrogen) atoms. The minimum absolute atomic E-state index is 0.0528. The van der Waals surface area contributed by atoms with E-state index in [1.165, 1.54) is 30.3 Å². The number of halogens is 1. The number of benzene rings is 2. The molecule has 2 rings (SSSR count). The lowest BCUT2D eigenvalue weighted by atomic mass is 10.1. The molecule has 2 aromatic rings. The fourth-order valence-corrected chi connectivity index (χ4v) is 3.49. The molecular formula is C16H15ClN2O3S. The van der Waals surface area contributed by atoms with Crippen LogP contribution in [0.3, 0.4) is 0 Å². The minimum atomic E-state index is -3.90. The predicted octanol–water partition coefficient (Wildman–Crippen LogP) is 3.06. The number of carbonyl (C=O) groups excluding carboxylic acids is 1. The fraction of sp³-hybridized carbons (Fsp3) is 0.0625. The molecule has 0 aromatic heterocycles. The SMILES string of the molecule is C=CCNC(=O)c1ccccc1NS(=O)(=O)c1ccccc1Cl. The highest BCUT2D eigenvalue weighted by atomic mass is 35.5. The number of sulfonamides is 1. The van der Waals surface area contributed by atoms with Gasteiger partial charge in [0.25, 0.3) is 15.9 Å². The van der Waals surface area contributed by atoms with Gasteiger partial charge in [0.2, 0.25) is 0 Å². The molecule has 2 N–H and O–H groups in total. The summed E-state index contributed by atoms with van der Waals surface area (Å²) in [5, 5.41) is 2.71. The Morgan fingerprint density at radius 1 is 1.13 bits per heavy atom. The normalized spacial score (nSPS) is 10.8. The van der Waals surface area contributed by atoms with Crippen LogP contribution in [0.5, 0.6) is 0 Å². The predicted molar refractivity (Wildman–Crippen MR) is 91.2 cm³/mol. The Morgan fingerprint density at radius 2 is 1.78 bits per heavy atom. The molecule has 0 spiro atoms. The van der Waals surface area contributed by atoms with E-state index >= 15 is 0 Å². The molecule has 0 bridgehead atoms. The van der Waals surface area contributed by atoms with Gasteiger partial charge >= 0.3 is 0 Å². The van der Waals surface area contributed by atoms with Crippen LogP contribution in [0.2, 0.25) is 5.02 Å². The summed E-state index contributed by atoms with van der Waals surface area (Å²) in [6.45, 7) is 3.80. The molecule has 5 nitrogen and oxygen atoms in total. The van der Waals surface area contributed by atoms with Crippen molar-refractivity contribution in [2.75, 3.05) is 11.3 Å². The van der Waals surface area contributed by atoms with E-state index < -0.39 is 15.9 Å². The van der Waals surface area contributed by atoms with Crippen LogP contribution in [0.1, 0.15) is 10.4 Å². The summed E-state index contributed by atoms with van der Waals surface area (Å²) < 4.78 is 27.3. The standard InChI is InChI=1S/C16H15ClN2O3S/c1-2-11-18-16(20)12-7-3-5-9-14(12)19-23(21,22)15-10-6-4-8-13(15)17/h2-10,19H,1,11H2,(H,18,20). The number of hydrogen-bond acceptors (Lipinski definition) is 3. The fourth-order valence-electron chi connectivity index (χ4n) is 1.89. The zero-order valence-electron chi connectivity index (χ0n) is 12.1. The third-order valence-corrected chi connectivity index (χ3v) is 4.81. The maximum absolute atomic E-state index is 12.5. The van der Waals surface area contributed by atoms with Crippen molar-refractivity contribution >= 4 is 33.2 Å². The van der Waals surface area contributed by atoms with Gasteiger partial charge in [0.15, 0.2) is 0 Å². The van der Waals surface area contributed by atoms with Crippen molar-refractivity contribution in [3.63, 3.8) is 0 Å². The molecule has 7 heteroatoms. The number of nitrogens with one attached hydrogen (secondary N) is 2. The maximum Gasteiger partial charge on any atom is 0.263 e. The Kier molecular flexibility index (Phi) is 5.41. The molecule has 0 fully saturated rings. The molecule has 2 aromatic carbocycles. The monoisotopic (exact) mass is 350 g/mol. The quantitative estimate of drug-likeness (QED) is 0.786. The topological polar surface area (TPSA) is 75.3 Å². The molecule has 0 atom stereocenters. The van der Waals surface area contributed by atoms with Crippen molar-refractivity contribution in [1.29, 1.82) is 0 Å². The van der Waals surface area contributed by atoms with E-state index in [2.05, 4.69) is 16.6 Å². The third-order valence-electron chi connectivity index (χ3n) is 2.95. The largest absolute Gasteiger partial charge is 0.349 e. The minimum Gasteiger partial charge on any atom is -0.349 e. The Labute approximate surface area is 140 Å². The lowest BCUT2D eigenvalue weighted by Gasteiger charge is -2.13. The average molecular weight is 351 g/mol. The summed E-state index contributed by atoms with van der Waals surface area (Å²) >= 11 is 5.94. The van der Waals surface area contributed by atoms with Crippen LogP contribution in [0, 0.1) is 0 Å². The highest BCUT2D eigenvalue weighted by Gasteiger charge is 2.20. The number of hydrogen-bond donors (Lipinski definition) is 2. The molecule has 0 radical (unpaired) electrons. The summed E-state index contributed by atoms with van der Waals surface area (Å²) in [6, 6.07) is 12.4. The molecule has 0 aliphatic rings. The number of para-hydroxylation sites is 1. The van der Waals surface area contributed by atoms with Crippen molar-refractivity contribution in [2.24, 2.45) is 0 Å². The van der Waals surface area contributed by atoms with E-state index in [-0.39, 0.29) is 27.7 Å². The highest BCUT2D eigenvalue weighted by Crippen LogP contribution is 2.24. The van der Waals surface area contributed by atoms with Gasteiger partial charge in [-0.25, -0.2) is 8.42 Å². The van der Waals surface area contributed by atoms with E-state index in [0.29, 0.717) is 0 Å². The van der Waals surface area contributed by atoms with Crippen molar-refractivity contribution < 1.29 is 13.2 Å². The number of rotatable bonds is 6. The maximum atomic E-state index is 12.5. The smallest absolute Gasteiger partial charge is 0.263 e. The third kappa shape index (κ3) is 4.12. The lowest BCUT2D eigenvalue weighted by molar-refractivity contribution is 0.0959. The first-order chi connectivity index (χ1) is 11.0. The Bertz CT molecular complexity index is 835. The molecule has 0 aliphatic carbocycles. The van der Waals surface area contributed by atoms with Crippen LogP contribution in [-0.4, -0.2) is 20.9 Å². The van der Waals surface area contributed by atoms with Gasteiger partial charge in [0, 0.05) is 6.54 Å². The highest BCUT2D eigenvalue weighted by molar-refractivity contribution is 7.92. The second-order valence-electron chi connectivity index (χ2n) is 4.58. The van der Waals surface area contributed by atoms with Gasteiger partial charge in [-0.3, -0.25) is 9.52 Å². The number of anilines is 1. The average Bonchev–Trinajstić information content (AvgIpc) is 2.53. The first-order valence-electron chi connectivity index (χ1n) is 6.71. The number of carbonyl (C=O) groups is 1. The molecule has 0 saturated heterocycles. The zero-order valence-corrected chi connectivity index (χ0v) is 13.7. The molecule has 0 saturated carbocycles. The first kappa shape index (κ1) is 17.1. The van der Waals surface area contributed by atoms with E-state index in [1.807, 2.05) is 0 Å². The Balaban J connectivity index is 2.35. The van der Waals surface area contributed by atoms with Gasteiger partial charge in [0.1, 0.15) is 4.90 Å². The second kappa shape index (κ2) is 7.30. The Hall–Kier alpha value is -2.31. The first-order valence-corrected chi connectivity index (χ1v) is 8.57. The number of amides is 1. The second-order valence-corrected chi connectivity index (χ2v) is 6.64. The van der Waals surface area contributed by atoms with Crippen LogP contribution in [-0.2, 0) is 10.0 Å². The van der Waals surface area contributed by atoms with Crippen molar-refractivity contribution in [1.82, 2.24) is 5.32 Å². The molecule has 0 unspecified atom stereocenters. The molecule has 1 amide bonds. The molecule has 0 heterocycles. The zero-order chi connectivity index (χ0) is 16.9. The van der Waals surface area contributed by atoms with Crippen LogP contribution >= 0.6 is 11.6 Å². The van der Waals surface area contributed by atoms with Crippen LogP contribution in [0.25, 0.3) is 0 Å². The Morgan fingerprint density at radius 3 is 2.48 bits per heavy atom. The van der Waals surface area contributed by atoms with Gasteiger partial charge in [-0.1, -0.05) is 41.9 Å². The summed E-state index contributed by atoms with van der Waals surface area (Å²) in [5.74, 6) is -0.401. The van der Waals surface area contributed by atoms with Crippen LogP contribution in [0.15, 0.2) is 66.1 Å². The summed E-state index contributed by atoms with van der Waals surface area (Å²) in [7, 11) is -3.90. The van der Waals surface area contributed by atoms with Gasteiger partial charge in [-0.15, -0.1) is 6.58 Å². The summed E-state index contributed by atoms with van der Waals surface area (Å²) in [4.78, 5) is 12.0. The van der Waals surface area contributed by atoms with Gasteiger partial charge in [0.05, 0.1) is 16.3 Å². The molecular weight excluding hydrogens is 336 g/mol.